The number of sulfonamides is 1. The van der Waals surface area contributed by atoms with Crippen molar-refractivity contribution in [2.45, 2.75) is 18.9 Å². The first-order valence-corrected chi connectivity index (χ1v) is 10.5. The second-order valence-corrected chi connectivity index (χ2v) is 9.18. The molecule has 3 heterocycles. The molecule has 1 aromatic heterocycles. The molecule has 0 aliphatic carbocycles. The minimum atomic E-state index is -3.20. The molecule has 26 heavy (non-hydrogen) atoms. The van der Waals surface area contributed by atoms with Crippen LogP contribution in [0.5, 0.6) is 5.75 Å². The summed E-state index contributed by atoms with van der Waals surface area (Å²) in [4.78, 5) is 13.1. The number of ether oxygens (including phenoxy) is 1. The van der Waals surface area contributed by atoms with Crippen LogP contribution >= 0.6 is 0 Å². The summed E-state index contributed by atoms with van der Waals surface area (Å²) >= 11 is 0. The third-order valence-electron chi connectivity index (χ3n) is 5.44. The van der Waals surface area contributed by atoms with Gasteiger partial charge in [-0.25, -0.2) is 12.7 Å². The summed E-state index contributed by atoms with van der Waals surface area (Å²) in [5.41, 5.74) is 2.46. The zero-order valence-corrected chi connectivity index (χ0v) is 15.7. The van der Waals surface area contributed by atoms with Gasteiger partial charge in [0.25, 0.3) is 5.56 Å². The van der Waals surface area contributed by atoms with E-state index in [2.05, 4.69) is 0 Å². The molecule has 1 fully saturated rings. The molecule has 0 radical (unpaired) electrons. The van der Waals surface area contributed by atoms with Gasteiger partial charge in [-0.3, -0.25) is 4.79 Å². The molecule has 0 N–H and O–H groups in total. The van der Waals surface area contributed by atoms with E-state index in [1.165, 1.54) is 6.26 Å². The number of fused-ring (bicyclic) bond motifs is 4. The van der Waals surface area contributed by atoms with Crippen LogP contribution in [0.2, 0.25) is 0 Å². The van der Waals surface area contributed by atoms with Crippen LogP contribution in [0.1, 0.15) is 18.0 Å². The largest absolute Gasteiger partial charge is 0.497 e. The lowest BCUT2D eigenvalue weighted by Crippen LogP contribution is -2.48. The maximum absolute atomic E-state index is 13.1. The van der Waals surface area contributed by atoms with Crippen LogP contribution in [0.3, 0.4) is 0 Å². The minimum Gasteiger partial charge on any atom is -0.497 e. The number of benzene rings is 1. The fourth-order valence-corrected chi connectivity index (χ4v) is 5.10. The normalized spacial score (nSPS) is 22.7. The molecular formula is C19H22N2O4S. The third-order valence-corrected chi connectivity index (χ3v) is 6.68. The number of hydrogen-bond donors (Lipinski definition) is 0. The van der Waals surface area contributed by atoms with Gasteiger partial charge in [-0.1, -0.05) is 12.1 Å². The second kappa shape index (κ2) is 6.25. The zero-order chi connectivity index (χ0) is 18.5. The first-order valence-electron chi connectivity index (χ1n) is 8.70. The Balaban J connectivity index is 1.73. The van der Waals surface area contributed by atoms with E-state index >= 15 is 0 Å². The van der Waals surface area contributed by atoms with Crippen LogP contribution in [-0.4, -0.2) is 43.7 Å². The van der Waals surface area contributed by atoms with Gasteiger partial charge in [-0.2, -0.15) is 0 Å². The summed E-state index contributed by atoms with van der Waals surface area (Å²) in [6.45, 7) is 1.52. The van der Waals surface area contributed by atoms with Crippen LogP contribution in [0.15, 0.2) is 41.2 Å². The average Bonchev–Trinajstić information content (AvgIpc) is 2.62. The van der Waals surface area contributed by atoms with Crippen molar-refractivity contribution in [2.24, 2.45) is 5.92 Å². The Hall–Kier alpha value is -2.12. The molecule has 2 bridgehead atoms. The van der Waals surface area contributed by atoms with Crippen LogP contribution in [-0.2, 0) is 16.6 Å². The molecule has 2 atom stereocenters. The number of hydrogen-bond acceptors (Lipinski definition) is 4. The lowest BCUT2D eigenvalue weighted by molar-refractivity contribution is 0.187. The standard InChI is InChI=1S/C19H22N2O4S/c1-25-16-5-3-14(4-6-16)17-7-8-18-15-9-13(11-21(18)19(17)22)10-20(12-15)26(2,23)24/h3-8,13,15H,9-12H2,1-2H3. The van der Waals surface area contributed by atoms with Crippen molar-refractivity contribution in [1.82, 2.24) is 8.87 Å². The topological polar surface area (TPSA) is 68.6 Å². The molecule has 0 spiro atoms. The summed E-state index contributed by atoms with van der Waals surface area (Å²) in [7, 11) is -1.59. The predicted octanol–water partition coefficient (Wildman–Crippen LogP) is 1.90. The maximum atomic E-state index is 13.1. The van der Waals surface area contributed by atoms with Gasteiger partial charge >= 0.3 is 0 Å². The highest BCUT2D eigenvalue weighted by atomic mass is 32.2. The number of aromatic nitrogens is 1. The van der Waals surface area contributed by atoms with Gasteiger partial charge < -0.3 is 9.30 Å². The van der Waals surface area contributed by atoms with Crippen molar-refractivity contribution < 1.29 is 13.2 Å². The quantitative estimate of drug-likeness (QED) is 0.823. The van der Waals surface area contributed by atoms with E-state index in [-0.39, 0.29) is 17.4 Å². The Morgan fingerprint density at radius 2 is 1.77 bits per heavy atom. The van der Waals surface area contributed by atoms with Crippen LogP contribution in [0, 0.1) is 5.92 Å². The Labute approximate surface area is 153 Å². The predicted molar refractivity (Wildman–Crippen MR) is 100.0 cm³/mol. The molecule has 2 unspecified atom stereocenters. The first-order chi connectivity index (χ1) is 12.4. The van der Waals surface area contributed by atoms with Crippen molar-refractivity contribution in [3.05, 3.63) is 52.4 Å². The number of pyridine rings is 1. The average molecular weight is 374 g/mol. The van der Waals surface area contributed by atoms with E-state index < -0.39 is 10.0 Å². The van der Waals surface area contributed by atoms with Crippen LogP contribution in [0.25, 0.3) is 11.1 Å². The highest BCUT2D eigenvalue weighted by molar-refractivity contribution is 7.88. The number of rotatable bonds is 3. The molecule has 1 aromatic carbocycles. The van der Waals surface area contributed by atoms with E-state index in [1.807, 2.05) is 41.0 Å². The first kappa shape index (κ1) is 17.3. The molecular weight excluding hydrogens is 352 g/mol. The highest BCUT2D eigenvalue weighted by Crippen LogP contribution is 2.36. The van der Waals surface area contributed by atoms with E-state index in [0.717, 1.165) is 23.4 Å². The molecule has 2 aromatic rings. The van der Waals surface area contributed by atoms with Gasteiger partial charge in [0, 0.05) is 36.8 Å². The molecule has 2 aliphatic heterocycles. The molecule has 1 saturated heterocycles. The lowest BCUT2D eigenvalue weighted by atomic mass is 9.84. The van der Waals surface area contributed by atoms with Crippen LogP contribution < -0.4 is 10.3 Å². The summed E-state index contributed by atoms with van der Waals surface area (Å²) in [5.74, 6) is 1.01. The number of methoxy groups -OCH3 is 1. The van der Waals surface area contributed by atoms with Crippen LogP contribution in [0.4, 0.5) is 0 Å². The zero-order valence-electron chi connectivity index (χ0n) is 14.9. The molecule has 7 heteroatoms. The van der Waals surface area contributed by atoms with Gasteiger partial charge in [-0.05, 0) is 42.2 Å². The van der Waals surface area contributed by atoms with Gasteiger partial charge in [0.05, 0.1) is 13.4 Å². The number of nitrogens with zero attached hydrogens (tertiary/aromatic N) is 2. The van der Waals surface area contributed by atoms with Crippen molar-refractivity contribution in [1.29, 1.82) is 0 Å². The van der Waals surface area contributed by atoms with Gasteiger partial charge in [-0.15, -0.1) is 0 Å². The Bertz CT molecular complexity index is 995. The van der Waals surface area contributed by atoms with Gasteiger partial charge in [0.2, 0.25) is 10.0 Å². The molecule has 2 aliphatic rings. The van der Waals surface area contributed by atoms with E-state index in [1.54, 1.807) is 11.4 Å². The Morgan fingerprint density at radius 1 is 1.04 bits per heavy atom. The Kier molecular flexibility index (Phi) is 4.16. The van der Waals surface area contributed by atoms with Crippen molar-refractivity contribution in [2.75, 3.05) is 26.5 Å². The van der Waals surface area contributed by atoms with Gasteiger partial charge in [0.1, 0.15) is 5.75 Å². The van der Waals surface area contributed by atoms with Gasteiger partial charge in [0.15, 0.2) is 0 Å². The van der Waals surface area contributed by atoms with E-state index in [0.29, 0.717) is 25.2 Å². The van der Waals surface area contributed by atoms with Crippen molar-refractivity contribution >= 4 is 10.0 Å². The van der Waals surface area contributed by atoms with E-state index in [4.69, 9.17) is 4.74 Å². The fraction of sp³-hybridized carbons (Fsp3) is 0.421. The maximum Gasteiger partial charge on any atom is 0.258 e. The molecule has 138 valence electrons. The minimum absolute atomic E-state index is 0.00447. The van der Waals surface area contributed by atoms with Crippen molar-refractivity contribution in [3.63, 3.8) is 0 Å². The SMILES string of the molecule is COc1ccc(-c2ccc3n(c2=O)CC2CC3CN(S(C)(=O)=O)C2)cc1. The second-order valence-electron chi connectivity index (χ2n) is 7.19. The number of piperidine rings is 1. The van der Waals surface area contributed by atoms with E-state index in [9.17, 15) is 13.2 Å². The molecule has 4 rings (SSSR count). The monoisotopic (exact) mass is 374 g/mol. The smallest absolute Gasteiger partial charge is 0.258 e. The Morgan fingerprint density at radius 3 is 2.42 bits per heavy atom. The molecule has 0 saturated carbocycles. The summed E-state index contributed by atoms with van der Waals surface area (Å²) < 4.78 is 32.4. The third kappa shape index (κ3) is 2.95. The summed E-state index contributed by atoms with van der Waals surface area (Å²) in [6, 6.07) is 11.3. The molecule has 6 nitrogen and oxygen atoms in total. The van der Waals surface area contributed by atoms with Crippen molar-refractivity contribution in [3.8, 4) is 16.9 Å². The lowest BCUT2D eigenvalue weighted by Gasteiger charge is -2.41. The fourth-order valence-electron chi connectivity index (χ4n) is 4.16. The molecule has 0 amide bonds. The summed E-state index contributed by atoms with van der Waals surface area (Å²) in [5, 5.41) is 0. The summed E-state index contributed by atoms with van der Waals surface area (Å²) in [6.07, 6.45) is 2.20. The highest BCUT2D eigenvalue weighted by Gasteiger charge is 2.37.